The van der Waals surface area contributed by atoms with Crippen LogP contribution in [0.1, 0.15) is 284 Å². The van der Waals surface area contributed by atoms with Gasteiger partial charge < -0.3 is 20.6 Å². The van der Waals surface area contributed by atoms with Gasteiger partial charge in [-0.3, -0.25) is 4.79 Å². The summed E-state index contributed by atoms with van der Waals surface area (Å²) in [7, 11) is 0. The first-order valence-electron chi connectivity index (χ1n) is 27.5. The molecule has 3 unspecified atom stereocenters. The third-order valence-corrected chi connectivity index (χ3v) is 12.6. The predicted octanol–water partition coefficient (Wildman–Crippen LogP) is 16.8. The van der Waals surface area contributed by atoms with Crippen LogP contribution >= 0.6 is 0 Å². The van der Waals surface area contributed by atoms with Crippen LogP contribution < -0.4 is 5.32 Å². The number of aliphatic hydroxyl groups is 3. The molecule has 0 spiro atoms. The summed E-state index contributed by atoms with van der Waals surface area (Å²) in [6.07, 6.45) is 69.0. The Morgan fingerprint density at radius 2 is 0.661 bits per heavy atom. The van der Waals surface area contributed by atoms with E-state index in [4.69, 9.17) is 0 Å². The molecule has 0 bridgehead atoms. The van der Waals surface area contributed by atoms with Crippen LogP contribution in [0.4, 0.5) is 0 Å². The number of rotatable bonds is 50. The molecule has 0 aliphatic carbocycles. The summed E-state index contributed by atoms with van der Waals surface area (Å²) < 4.78 is 0. The van der Waals surface area contributed by atoms with Crippen LogP contribution in [0.25, 0.3) is 0 Å². The molecule has 5 nitrogen and oxygen atoms in total. The second-order valence-corrected chi connectivity index (χ2v) is 18.8. The first-order valence-corrected chi connectivity index (χ1v) is 27.5. The molecule has 3 atom stereocenters. The van der Waals surface area contributed by atoms with Crippen molar-refractivity contribution in [3.05, 3.63) is 48.6 Å². The van der Waals surface area contributed by atoms with E-state index in [1.54, 1.807) is 6.08 Å². The molecule has 4 N–H and O–H groups in total. The van der Waals surface area contributed by atoms with E-state index in [-0.39, 0.29) is 6.61 Å². The van der Waals surface area contributed by atoms with E-state index < -0.39 is 24.2 Å². The lowest BCUT2D eigenvalue weighted by Gasteiger charge is -2.21. The van der Waals surface area contributed by atoms with Crippen LogP contribution in [-0.2, 0) is 4.79 Å². The van der Waals surface area contributed by atoms with Gasteiger partial charge in [0, 0.05) is 0 Å². The van der Waals surface area contributed by atoms with Crippen LogP contribution in [-0.4, -0.2) is 46.1 Å². The molecule has 0 saturated heterocycles. The number of unbranched alkanes of at least 4 members (excludes halogenated alkanes) is 36. The highest BCUT2D eigenvalue weighted by molar-refractivity contribution is 5.80. The molecule has 62 heavy (non-hydrogen) atoms. The lowest BCUT2D eigenvalue weighted by Crippen LogP contribution is -2.48. The molecular formula is C57H107NO4. The highest BCUT2D eigenvalue weighted by Crippen LogP contribution is 2.16. The van der Waals surface area contributed by atoms with E-state index in [0.29, 0.717) is 6.42 Å². The second-order valence-electron chi connectivity index (χ2n) is 18.8. The molecule has 0 heterocycles. The fourth-order valence-electron chi connectivity index (χ4n) is 8.33. The largest absolute Gasteiger partial charge is 0.394 e. The first-order chi connectivity index (χ1) is 30.6. The van der Waals surface area contributed by atoms with Gasteiger partial charge in [-0.15, -0.1) is 0 Å². The molecule has 0 aromatic carbocycles. The van der Waals surface area contributed by atoms with Gasteiger partial charge in [0.1, 0.15) is 6.10 Å². The lowest BCUT2D eigenvalue weighted by molar-refractivity contribution is -0.131. The summed E-state index contributed by atoms with van der Waals surface area (Å²) >= 11 is 0. The zero-order valence-electron chi connectivity index (χ0n) is 41.5. The van der Waals surface area contributed by atoms with Crippen LogP contribution in [0.15, 0.2) is 48.6 Å². The van der Waals surface area contributed by atoms with E-state index >= 15 is 0 Å². The number of nitrogens with one attached hydrogen (secondary N) is 1. The molecule has 0 saturated carbocycles. The molecule has 1 amide bonds. The molecule has 0 fully saturated rings. The summed E-state index contributed by atoms with van der Waals surface area (Å²) in [5.41, 5.74) is 0. The molecule has 0 aromatic heterocycles. The average Bonchev–Trinajstić information content (AvgIpc) is 3.28. The van der Waals surface area contributed by atoms with Gasteiger partial charge in [-0.2, -0.15) is 0 Å². The topological polar surface area (TPSA) is 89.8 Å². The molecular weight excluding hydrogens is 763 g/mol. The molecule has 0 aliphatic rings. The van der Waals surface area contributed by atoms with E-state index in [2.05, 4.69) is 55.6 Å². The maximum Gasteiger partial charge on any atom is 0.249 e. The van der Waals surface area contributed by atoms with Gasteiger partial charge in [-0.25, -0.2) is 0 Å². The minimum Gasteiger partial charge on any atom is -0.394 e. The fraction of sp³-hybridized carbons (Fsp3) is 0.842. The van der Waals surface area contributed by atoms with Gasteiger partial charge in [0.05, 0.1) is 18.8 Å². The van der Waals surface area contributed by atoms with E-state index in [1.807, 2.05) is 6.08 Å². The van der Waals surface area contributed by atoms with Crippen molar-refractivity contribution in [2.45, 2.75) is 302 Å². The minimum atomic E-state index is -1.11. The number of carbonyl (C=O) groups excluding carboxylic acids is 1. The number of allylic oxidation sites excluding steroid dienone is 7. The zero-order valence-corrected chi connectivity index (χ0v) is 41.5. The second kappa shape index (κ2) is 51.9. The van der Waals surface area contributed by atoms with E-state index in [1.165, 1.54) is 218 Å². The van der Waals surface area contributed by atoms with Crippen LogP contribution in [0, 0.1) is 0 Å². The van der Waals surface area contributed by atoms with Crippen molar-refractivity contribution in [1.29, 1.82) is 0 Å². The maximum absolute atomic E-state index is 12.5. The molecule has 0 rings (SSSR count). The smallest absolute Gasteiger partial charge is 0.249 e. The van der Waals surface area contributed by atoms with Gasteiger partial charge in [-0.05, 0) is 70.6 Å². The standard InChI is InChI=1S/C57H107NO4/c1-3-5-7-9-11-13-15-17-19-21-23-25-27-29-31-33-35-37-39-41-43-45-47-49-51-55(60)54(53-59)58-57(62)56(61)52-50-48-46-44-42-40-38-36-34-32-30-28-26-24-22-20-18-16-14-12-10-8-6-4-2/h30,32-33,35,41,43,49,51,54-56,59-61H,3-29,31,34,36-40,42,44-48,50,52-53H2,1-2H3,(H,58,62)/b32-30-,35-33+,43-41+,51-49+. The SMILES string of the molecule is CCCCCCCCCCCCCC/C=C\CCCCCCCCCCC(O)C(=O)NC(CO)C(O)/C=C/CC/C=C/CC/C=C/CCCCCCCCCCCCCCCC. The van der Waals surface area contributed by atoms with Crippen LogP contribution in [0.2, 0.25) is 0 Å². The monoisotopic (exact) mass is 870 g/mol. The Morgan fingerprint density at radius 3 is 0.984 bits per heavy atom. The minimum absolute atomic E-state index is 0.382. The van der Waals surface area contributed by atoms with Crippen molar-refractivity contribution in [3.63, 3.8) is 0 Å². The zero-order chi connectivity index (χ0) is 45.1. The number of hydrogen-bond acceptors (Lipinski definition) is 4. The Hall–Kier alpha value is -1.69. The van der Waals surface area contributed by atoms with Gasteiger partial charge >= 0.3 is 0 Å². The quantitative estimate of drug-likeness (QED) is 0.0362. The van der Waals surface area contributed by atoms with Gasteiger partial charge in [-0.1, -0.05) is 262 Å². The fourth-order valence-corrected chi connectivity index (χ4v) is 8.33. The summed E-state index contributed by atoms with van der Waals surface area (Å²) in [6, 6.07) is -0.824. The normalized spacial score (nSPS) is 13.7. The summed E-state index contributed by atoms with van der Waals surface area (Å²) in [4.78, 5) is 12.5. The van der Waals surface area contributed by atoms with Gasteiger partial charge in [0.15, 0.2) is 0 Å². The van der Waals surface area contributed by atoms with Gasteiger partial charge in [0.2, 0.25) is 5.91 Å². The predicted molar refractivity (Wildman–Crippen MR) is 273 cm³/mol. The highest BCUT2D eigenvalue weighted by atomic mass is 16.3. The Kier molecular flexibility index (Phi) is 50.5. The number of hydrogen-bond donors (Lipinski definition) is 4. The Labute approximate surface area is 387 Å². The molecule has 0 aromatic rings. The van der Waals surface area contributed by atoms with Crippen molar-refractivity contribution in [1.82, 2.24) is 5.32 Å². The number of carbonyl (C=O) groups is 1. The number of amides is 1. The molecule has 5 heteroatoms. The summed E-state index contributed by atoms with van der Waals surface area (Å²) in [6.45, 7) is 4.19. The summed E-state index contributed by atoms with van der Waals surface area (Å²) in [5.74, 6) is -0.517. The van der Waals surface area contributed by atoms with Crippen molar-refractivity contribution in [2.24, 2.45) is 0 Å². The van der Waals surface area contributed by atoms with Crippen LogP contribution in [0.3, 0.4) is 0 Å². The Bertz CT molecular complexity index is 1000. The van der Waals surface area contributed by atoms with Crippen molar-refractivity contribution >= 4 is 5.91 Å². The van der Waals surface area contributed by atoms with Crippen molar-refractivity contribution in [3.8, 4) is 0 Å². The van der Waals surface area contributed by atoms with E-state index in [9.17, 15) is 20.1 Å². The van der Waals surface area contributed by atoms with Crippen molar-refractivity contribution < 1.29 is 20.1 Å². The summed E-state index contributed by atoms with van der Waals surface area (Å²) in [5, 5.41) is 33.3. The first kappa shape index (κ1) is 60.3. The Morgan fingerprint density at radius 1 is 0.387 bits per heavy atom. The van der Waals surface area contributed by atoms with Crippen LogP contribution in [0.5, 0.6) is 0 Å². The third kappa shape index (κ3) is 46.3. The third-order valence-electron chi connectivity index (χ3n) is 12.6. The molecule has 0 radical (unpaired) electrons. The lowest BCUT2D eigenvalue weighted by atomic mass is 10.0. The highest BCUT2D eigenvalue weighted by Gasteiger charge is 2.22. The Balaban J connectivity index is 3.66. The van der Waals surface area contributed by atoms with Crippen molar-refractivity contribution in [2.75, 3.05) is 6.61 Å². The average molecular weight is 870 g/mol. The maximum atomic E-state index is 12.5. The van der Waals surface area contributed by atoms with Gasteiger partial charge in [0.25, 0.3) is 0 Å². The van der Waals surface area contributed by atoms with E-state index in [0.717, 1.165) is 44.9 Å². The number of aliphatic hydroxyl groups excluding tert-OH is 3. The molecule has 364 valence electrons. The molecule has 0 aliphatic heterocycles.